The Morgan fingerprint density at radius 2 is 1.91 bits per heavy atom. The number of tetrazole rings is 1. The third-order valence-corrected chi connectivity index (χ3v) is 3.74. The molecule has 0 aliphatic carbocycles. The molecule has 7 nitrogen and oxygen atoms in total. The Balaban J connectivity index is 2.04. The summed E-state index contributed by atoms with van der Waals surface area (Å²) in [4.78, 5) is 15.3. The number of nitrogens with one attached hydrogen (secondary N) is 1. The Hall–Kier alpha value is -2.44. The number of aromatic nitrogens is 4. The van der Waals surface area contributed by atoms with E-state index in [-0.39, 0.29) is 18.0 Å². The van der Waals surface area contributed by atoms with Crippen molar-refractivity contribution in [2.75, 3.05) is 19.0 Å². The lowest BCUT2D eigenvalue weighted by Gasteiger charge is -2.24. The number of amides is 1. The van der Waals surface area contributed by atoms with Gasteiger partial charge in [0.05, 0.1) is 0 Å². The SMILES string of the molecule is CCC(C)(C)NC(=O)Cn1nnc(-c2ccc(N(C)C)cc2)n1. The quantitative estimate of drug-likeness (QED) is 0.878. The summed E-state index contributed by atoms with van der Waals surface area (Å²) >= 11 is 0. The van der Waals surface area contributed by atoms with Gasteiger partial charge in [0.15, 0.2) is 0 Å². The molecule has 0 unspecified atom stereocenters. The molecule has 23 heavy (non-hydrogen) atoms. The van der Waals surface area contributed by atoms with Gasteiger partial charge in [-0.3, -0.25) is 4.79 Å². The minimum atomic E-state index is -0.234. The summed E-state index contributed by atoms with van der Waals surface area (Å²) in [6.07, 6.45) is 0.854. The van der Waals surface area contributed by atoms with Crippen LogP contribution in [0.1, 0.15) is 27.2 Å². The molecule has 2 aromatic rings. The van der Waals surface area contributed by atoms with E-state index in [0.29, 0.717) is 5.82 Å². The van der Waals surface area contributed by atoms with Crippen LogP contribution in [0.25, 0.3) is 11.4 Å². The molecule has 1 heterocycles. The molecule has 0 aliphatic rings. The lowest BCUT2D eigenvalue weighted by Crippen LogP contribution is -2.44. The van der Waals surface area contributed by atoms with Gasteiger partial charge in [0.2, 0.25) is 11.7 Å². The minimum Gasteiger partial charge on any atom is -0.378 e. The van der Waals surface area contributed by atoms with Crippen LogP contribution in [0.2, 0.25) is 0 Å². The first-order valence-corrected chi connectivity index (χ1v) is 7.67. The van der Waals surface area contributed by atoms with Crippen LogP contribution < -0.4 is 10.2 Å². The summed E-state index contributed by atoms with van der Waals surface area (Å²) in [5.41, 5.74) is 1.74. The molecule has 7 heteroatoms. The number of anilines is 1. The summed E-state index contributed by atoms with van der Waals surface area (Å²) < 4.78 is 0. The van der Waals surface area contributed by atoms with E-state index in [0.717, 1.165) is 17.7 Å². The Morgan fingerprint density at radius 1 is 1.26 bits per heavy atom. The van der Waals surface area contributed by atoms with Crippen LogP contribution in [-0.2, 0) is 11.3 Å². The largest absolute Gasteiger partial charge is 0.378 e. The Kier molecular flexibility index (Phi) is 4.98. The summed E-state index contributed by atoms with van der Waals surface area (Å²) in [5.74, 6) is 0.390. The molecule has 1 amide bonds. The number of nitrogens with zero attached hydrogens (tertiary/aromatic N) is 5. The Morgan fingerprint density at radius 3 is 2.48 bits per heavy atom. The van der Waals surface area contributed by atoms with Gasteiger partial charge in [0.25, 0.3) is 0 Å². The maximum atomic E-state index is 12.0. The van der Waals surface area contributed by atoms with Crippen molar-refractivity contribution in [1.82, 2.24) is 25.5 Å². The normalized spacial score (nSPS) is 11.3. The van der Waals surface area contributed by atoms with Crippen molar-refractivity contribution in [3.05, 3.63) is 24.3 Å². The van der Waals surface area contributed by atoms with Crippen molar-refractivity contribution in [1.29, 1.82) is 0 Å². The maximum Gasteiger partial charge on any atom is 0.244 e. The van der Waals surface area contributed by atoms with Gasteiger partial charge in [0, 0.05) is 30.9 Å². The monoisotopic (exact) mass is 316 g/mol. The van der Waals surface area contributed by atoms with Crippen molar-refractivity contribution in [2.24, 2.45) is 0 Å². The van der Waals surface area contributed by atoms with Crippen LogP contribution in [0.3, 0.4) is 0 Å². The summed E-state index contributed by atoms with van der Waals surface area (Å²) in [6.45, 7) is 6.06. The summed E-state index contributed by atoms with van der Waals surface area (Å²) in [7, 11) is 3.97. The fourth-order valence-electron chi connectivity index (χ4n) is 1.97. The van der Waals surface area contributed by atoms with Gasteiger partial charge in [-0.1, -0.05) is 6.92 Å². The average molecular weight is 316 g/mol. The molecule has 0 saturated carbocycles. The molecule has 0 atom stereocenters. The molecule has 124 valence electrons. The first-order valence-electron chi connectivity index (χ1n) is 7.67. The maximum absolute atomic E-state index is 12.0. The van der Waals surface area contributed by atoms with Crippen LogP contribution >= 0.6 is 0 Å². The van der Waals surface area contributed by atoms with Crippen LogP contribution in [0.4, 0.5) is 5.69 Å². The fourth-order valence-corrected chi connectivity index (χ4v) is 1.97. The molecule has 1 aromatic heterocycles. The van der Waals surface area contributed by atoms with Crippen LogP contribution in [-0.4, -0.2) is 45.7 Å². The first kappa shape index (κ1) is 16.9. The van der Waals surface area contributed by atoms with Crippen molar-refractivity contribution in [2.45, 2.75) is 39.3 Å². The van der Waals surface area contributed by atoms with Gasteiger partial charge in [-0.2, -0.15) is 4.80 Å². The second-order valence-corrected chi connectivity index (χ2v) is 6.37. The van der Waals surface area contributed by atoms with E-state index >= 15 is 0 Å². The molecule has 1 N–H and O–H groups in total. The number of hydrogen-bond donors (Lipinski definition) is 1. The van der Waals surface area contributed by atoms with E-state index in [1.54, 1.807) is 0 Å². The van der Waals surface area contributed by atoms with E-state index < -0.39 is 0 Å². The lowest BCUT2D eigenvalue weighted by atomic mass is 10.0. The summed E-state index contributed by atoms with van der Waals surface area (Å²) in [6, 6.07) is 7.87. The molecule has 0 spiro atoms. The van der Waals surface area contributed by atoms with Gasteiger partial charge in [0.1, 0.15) is 6.54 Å². The van der Waals surface area contributed by atoms with Crippen molar-refractivity contribution < 1.29 is 4.79 Å². The van der Waals surface area contributed by atoms with E-state index in [9.17, 15) is 4.79 Å². The van der Waals surface area contributed by atoms with E-state index in [2.05, 4.69) is 20.7 Å². The third kappa shape index (κ3) is 4.51. The predicted octanol–water partition coefficient (Wildman–Crippen LogP) is 1.71. The zero-order valence-electron chi connectivity index (χ0n) is 14.4. The van der Waals surface area contributed by atoms with E-state index in [1.807, 2.05) is 64.0 Å². The number of carbonyl (C=O) groups excluding carboxylic acids is 1. The second kappa shape index (κ2) is 6.76. The number of benzene rings is 1. The Labute approximate surface area is 136 Å². The minimum absolute atomic E-state index is 0.0617. The second-order valence-electron chi connectivity index (χ2n) is 6.37. The topological polar surface area (TPSA) is 75.9 Å². The highest BCUT2D eigenvalue weighted by atomic mass is 16.2. The summed E-state index contributed by atoms with van der Waals surface area (Å²) in [5, 5.41) is 15.2. The fraction of sp³-hybridized carbons (Fsp3) is 0.500. The van der Waals surface area contributed by atoms with Crippen molar-refractivity contribution >= 4 is 11.6 Å². The van der Waals surface area contributed by atoms with Gasteiger partial charge in [-0.25, -0.2) is 0 Å². The zero-order chi connectivity index (χ0) is 17.0. The van der Waals surface area contributed by atoms with Gasteiger partial charge in [-0.15, -0.1) is 10.2 Å². The van der Waals surface area contributed by atoms with Gasteiger partial charge >= 0.3 is 0 Å². The highest BCUT2D eigenvalue weighted by Gasteiger charge is 2.18. The zero-order valence-corrected chi connectivity index (χ0v) is 14.4. The molecule has 0 radical (unpaired) electrons. The predicted molar refractivity (Wildman–Crippen MR) is 90.1 cm³/mol. The highest BCUT2D eigenvalue weighted by molar-refractivity contribution is 5.76. The van der Waals surface area contributed by atoms with Crippen LogP contribution in [0, 0.1) is 0 Å². The molecule has 2 rings (SSSR count). The average Bonchev–Trinajstić information content (AvgIpc) is 2.95. The number of rotatable bonds is 6. The smallest absolute Gasteiger partial charge is 0.244 e. The molecular weight excluding hydrogens is 292 g/mol. The van der Waals surface area contributed by atoms with Gasteiger partial charge < -0.3 is 10.2 Å². The number of hydrogen-bond acceptors (Lipinski definition) is 5. The molecule has 0 bridgehead atoms. The van der Waals surface area contributed by atoms with Crippen molar-refractivity contribution in [3.8, 4) is 11.4 Å². The Bertz CT molecular complexity index is 659. The lowest BCUT2D eigenvalue weighted by molar-refractivity contribution is -0.123. The van der Waals surface area contributed by atoms with Crippen LogP contribution in [0.15, 0.2) is 24.3 Å². The first-order chi connectivity index (χ1) is 10.8. The highest BCUT2D eigenvalue weighted by Crippen LogP contribution is 2.18. The van der Waals surface area contributed by atoms with Crippen molar-refractivity contribution in [3.63, 3.8) is 0 Å². The third-order valence-electron chi connectivity index (χ3n) is 3.74. The molecule has 0 saturated heterocycles. The van der Waals surface area contributed by atoms with Crippen LogP contribution in [0.5, 0.6) is 0 Å². The molecular formula is C16H24N6O. The molecule has 0 aliphatic heterocycles. The molecule has 1 aromatic carbocycles. The molecule has 0 fully saturated rings. The standard InChI is InChI=1S/C16H24N6O/c1-6-16(2,3)17-14(23)11-22-19-15(18-20-22)12-7-9-13(10-8-12)21(4)5/h7-10H,6,11H2,1-5H3,(H,17,23). The van der Waals surface area contributed by atoms with Gasteiger partial charge in [-0.05, 0) is 49.7 Å². The number of carbonyl (C=O) groups is 1. The van der Waals surface area contributed by atoms with E-state index in [4.69, 9.17) is 0 Å². The van der Waals surface area contributed by atoms with E-state index in [1.165, 1.54) is 4.80 Å².